The maximum absolute atomic E-state index is 13.0. The molecule has 3 saturated heterocycles. The van der Waals surface area contributed by atoms with Crippen LogP contribution in [0.15, 0.2) is 108 Å². The van der Waals surface area contributed by atoms with Gasteiger partial charge in [-0.1, -0.05) is 60.7 Å². The number of hydrogen-bond acceptors (Lipinski definition) is 8. The maximum Gasteiger partial charge on any atom is 0.408 e. The first-order valence-electron chi connectivity index (χ1n) is 19.4. The van der Waals surface area contributed by atoms with E-state index in [1.54, 1.807) is 29.2 Å². The number of aliphatic hydroxyl groups excluding tert-OH is 1. The van der Waals surface area contributed by atoms with Crippen LogP contribution in [0.2, 0.25) is 0 Å². The molecule has 292 valence electrons. The van der Waals surface area contributed by atoms with Crippen molar-refractivity contribution >= 4 is 22.9 Å². The van der Waals surface area contributed by atoms with E-state index in [4.69, 9.17) is 4.74 Å². The Hall–Kier alpha value is -5.69. The first-order chi connectivity index (χ1) is 27.2. The lowest BCUT2D eigenvalue weighted by molar-refractivity contribution is -0.000814. The van der Waals surface area contributed by atoms with Crippen LogP contribution < -0.4 is 20.9 Å². The Bertz CT molecular complexity index is 2170. The number of aromatic nitrogens is 1. The fourth-order valence-electron chi connectivity index (χ4n) is 8.11. The molecule has 2 bridgehead atoms. The summed E-state index contributed by atoms with van der Waals surface area (Å²) in [5.41, 5.74) is 3.80. The smallest absolute Gasteiger partial charge is 0.408 e. The fourth-order valence-corrected chi connectivity index (χ4v) is 8.11. The Kier molecular flexibility index (Phi) is 12.3. The van der Waals surface area contributed by atoms with Gasteiger partial charge in [0.1, 0.15) is 18.1 Å². The van der Waals surface area contributed by atoms with Gasteiger partial charge in [0.2, 0.25) is 5.56 Å². The highest BCUT2D eigenvalue weighted by Gasteiger charge is 2.43. The minimum absolute atomic E-state index is 0.0499. The van der Waals surface area contributed by atoms with Crippen LogP contribution in [-0.4, -0.2) is 87.4 Å². The van der Waals surface area contributed by atoms with Crippen LogP contribution in [-0.2, 0) is 6.61 Å². The van der Waals surface area contributed by atoms with Gasteiger partial charge in [0, 0.05) is 36.7 Å². The molecule has 3 aliphatic rings. The molecule has 1 aromatic heterocycles. The van der Waals surface area contributed by atoms with E-state index in [-0.39, 0.29) is 29.9 Å². The first-order valence-corrected chi connectivity index (χ1v) is 19.4. The third kappa shape index (κ3) is 9.05. The van der Waals surface area contributed by atoms with Crippen molar-refractivity contribution in [2.24, 2.45) is 5.92 Å². The van der Waals surface area contributed by atoms with Crippen molar-refractivity contribution < 1.29 is 29.6 Å². The van der Waals surface area contributed by atoms with Gasteiger partial charge < -0.3 is 40.6 Å². The Labute approximate surface area is 325 Å². The number of hydrogen-bond donors (Lipinski definition) is 6. The number of piperidine rings is 3. The van der Waals surface area contributed by atoms with Gasteiger partial charge in [-0.25, -0.2) is 4.79 Å². The molecule has 3 fully saturated rings. The lowest BCUT2D eigenvalue weighted by Crippen LogP contribution is -2.59. The van der Waals surface area contributed by atoms with Crippen molar-refractivity contribution in [3.05, 3.63) is 141 Å². The molecule has 0 spiro atoms. The molecule has 4 heterocycles. The zero-order valence-electron chi connectivity index (χ0n) is 31.3. The summed E-state index contributed by atoms with van der Waals surface area (Å²) in [6.07, 6.45) is 1.81. The van der Waals surface area contributed by atoms with Crippen molar-refractivity contribution in [1.29, 1.82) is 0 Å². The number of nitrogens with one attached hydrogen (secondary N) is 3. The number of amides is 2. The minimum atomic E-state index is -0.917. The summed E-state index contributed by atoms with van der Waals surface area (Å²) >= 11 is 0. The molecule has 5 aromatic rings. The second-order valence-electron chi connectivity index (χ2n) is 14.7. The molecular weight excluding hydrogens is 711 g/mol. The number of benzene rings is 4. The zero-order chi connectivity index (χ0) is 39.0. The van der Waals surface area contributed by atoms with E-state index >= 15 is 0 Å². The Morgan fingerprint density at radius 1 is 0.893 bits per heavy atom. The molecule has 3 aliphatic heterocycles. The van der Waals surface area contributed by atoms with E-state index in [2.05, 4.69) is 20.5 Å². The number of aromatic hydroxyl groups is 1. The van der Waals surface area contributed by atoms with Crippen molar-refractivity contribution in [2.45, 2.75) is 50.5 Å². The van der Waals surface area contributed by atoms with Crippen LogP contribution in [0.25, 0.3) is 10.9 Å². The van der Waals surface area contributed by atoms with Crippen LogP contribution in [0.1, 0.15) is 70.4 Å². The minimum Gasteiger partial charge on any atom is -0.506 e. The largest absolute Gasteiger partial charge is 0.506 e. The molecule has 12 heteroatoms. The van der Waals surface area contributed by atoms with E-state index in [0.717, 1.165) is 62.0 Å². The van der Waals surface area contributed by atoms with Gasteiger partial charge in [-0.2, -0.15) is 0 Å². The summed E-state index contributed by atoms with van der Waals surface area (Å²) in [7, 11) is 0. The van der Waals surface area contributed by atoms with Crippen LogP contribution in [0.3, 0.4) is 0 Å². The van der Waals surface area contributed by atoms with Crippen LogP contribution in [0.4, 0.5) is 4.79 Å². The van der Waals surface area contributed by atoms with E-state index in [0.29, 0.717) is 53.3 Å². The lowest BCUT2D eigenvalue weighted by Gasteiger charge is -2.50. The number of carbonyl (C=O) groups is 2. The summed E-state index contributed by atoms with van der Waals surface area (Å²) in [5, 5.41) is 38.2. The van der Waals surface area contributed by atoms with Gasteiger partial charge in [-0.3, -0.25) is 14.5 Å². The number of phenolic OH excluding ortho intramolecular Hbond substituents is 1. The summed E-state index contributed by atoms with van der Waals surface area (Å²) in [6, 6.07) is 30.3. The average Bonchev–Trinajstić information content (AvgIpc) is 3.22. The summed E-state index contributed by atoms with van der Waals surface area (Å²) < 4.78 is 6.21. The summed E-state index contributed by atoms with van der Waals surface area (Å²) in [5.74, 6) is 0.771. The molecule has 8 rings (SSSR count). The van der Waals surface area contributed by atoms with Gasteiger partial charge >= 0.3 is 6.09 Å². The molecule has 12 nitrogen and oxygen atoms in total. The topological polar surface area (TPSA) is 167 Å². The summed E-state index contributed by atoms with van der Waals surface area (Å²) in [6.45, 7) is 4.54. The molecule has 6 N–H and O–H groups in total. The molecule has 4 aromatic carbocycles. The Balaban J connectivity index is 0.881. The number of unbranched alkanes of at least 4 members (excludes halogenated alkanes) is 1. The number of phenols is 1. The Morgan fingerprint density at radius 3 is 2.38 bits per heavy atom. The van der Waals surface area contributed by atoms with E-state index in [9.17, 15) is 29.7 Å². The third-order valence-corrected chi connectivity index (χ3v) is 11.1. The number of aliphatic hydroxyl groups is 1. The maximum atomic E-state index is 13.0. The predicted molar refractivity (Wildman–Crippen MR) is 214 cm³/mol. The molecule has 0 radical (unpaired) electrons. The van der Waals surface area contributed by atoms with Gasteiger partial charge in [0.15, 0.2) is 0 Å². The van der Waals surface area contributed by atoms with Gasteiger partial charge in [0.05, 0.1) is 23.7 Å². The standard InChI is InChI=1S/C44H49N5O7/c50-38-17-15-35(36-16-18-40(52)47-41(36)38)39(51)26-45-21-4-5-22-46-43(53)32-13-11-29(12-14-32)28-56-34-10-6-9-33(25-34)42(31-7-2-1-3-8-31)49(44(54)55)37-27-48-23-19-30(37)20-24-48/h1-3,6-18,25,30,37,39,42,45,50-51H,4-5,19-24,26-28H2,(H,46,53)(H,47,52)(H,54,55)/t37-,39+,42?/m0/s1. The number of carbonyl (C=O) groups excluding carboxylic acids is 1. The number of ether oxygens (including phenoxy) is 1. The highest BCUT2D eigenvalue weighted by atomic mass is 16.5. The SMILES string of the molecule is O=C(NCCCCNC[C@@H](O)c1ccc(O)c2[nH]c(=O)ccc12)c1ccc(COc2cccc(C(c3ccccc3)N(C(=O)O)[C@H]3CN4CCC3CC4)c2)cc1. The number of fused-ring (bicyclic) bond motifs is 4. The lowest BCUT2D eigenvalue weighted by atomic mass is 9.81. The molecular formula is C44H49N5O7. The van der Waals surface area contributed by atoms with Crippen LogP contribution in [0, 0.1) is 5.92 Å². The van der Waals surface area contributed by atoms with Gasteiger partial charge in [-0.05, 0) is 110 Å². The predicted octanol–water partition coefficient (Wildman–Crippen LogP) is 5.81. The second kappa shape index (κ2) is 17.8. The van der Waals surface area contributed by atoms with Crippen molar-refractivity contribution in [3.8, 4) is 11.5 Å². The van der Waals surface area contributed by atoms with Crippen LogP contribution >= 0.6 is 0 Å². The highest BCUT2D eigenvalue weighted by Crippen LogP contribution is 2.39. The normalized spacial score (nSPS) is 18.6. The number of rotatable bonds is 16. The second-order valence-corrected chi connectivity index (χ2v) is 14.7. The highest BCUT2D eigenvalue weighted by molar-refractivity contribution is 5.94. The molecule has 3 atom stereocenters. The van der Waals surface area contributed by atoms with Crippen molar-refractivity contribution in [1.82, 2.24) is 25.4 Å². The fraction of sp³-hybridized carbons (Fsp3) is 0.341. The number of nitrogens with zero attached hydrogens (tertiary/aromatic N) is 2. The first kappa shape index (κ1) is 38.6. The van der Waals surface area contributed by atoms with Crippen molar-refractivity contribution in [2.75, 3.05) is 39.3 Å². The van der Waals surface area contributed by atoms with Gasteiger partial charge in [0.25, 0.3) is 5.91 Å². The molecule has 0 aliphatic carbocycles. The molecule has 2 amide bonds. The number of H-pyrrole nitrogens is 1. The number of carboxylic acid groups (broad SMARTS) is 1. The molecule has 56 heavy (non-hydrogen) atoms. The average molecular weight is 760 g/mol. The number of pyridine rings is 1. The van der Waals surface area contributed by atoms with E-state index in [1.165, 1.54) is 12.1 Å². The zero-order valence-corrected chi connectivity index (χ0v) is 31.3. The van der Waals surface area contributed by atoms with Crippen LogP contribution in [0.5, 0.6) is 11.5 Å². The monoisotopic (exact) mass is 759 g/mol. The number of aromatic amines is 1. The van der Waals surface area contributed by atoms with Crippen molar-refractivity contribution in [3.63, 3.8) is 0 Å². The van der Waals surface area contributed by atoms with E-state index in [1.807, 2.05) is 66.7 Å². The molecule has 0 saturated carbocycles. The summed E-state index contributed by atoms with van der Waals surface area (Å²) in [4.78, 5) is 44.1. The third-order valence-electron chi connectivity index (χ3n) is 11.1. The Morgan fingerprint density at radius 2 is 1.64 bits per heavy atom. The van der Waals surface area contributed by atoms with E-state index < -0.39 is 18.2 Å². The quantitative estimate of drug-likeness (QED) is 0.0681. The van der Waals surface area contributed by atoms with Gasteiger partial charge in [-0.15, -0.1) is 0 Å². The molecule has 1 unspecified atom stereocenters.